The molecule has 1 aromatic carbocycles. The van der Waals surface area contributed by atoms with E-state index in [1.165, 1.54) is 29.3 Å². The molecule has 0 saturated heterocycles. The van der Waals surface area contributed by atoms with Gasteiger partial charge in [0.15, 0.2) is 0 Å². The van der Waals surface area contributed by atoms with Gasteiger partial charge < -0.3 is 10.0 Å². The summed E-state index contributed by atoms with van der Waals surface area (Å²) in [5, 5.41) is 20.0. The molecule has 2 aromatic rings. The zero-order valence-corrected chi connectivity index (χ0v) is 12.4. The number of benzene rings is 1. The lowest BCUT2D eigenvalue weighted by Crippen LogP contribution is -2.13. The summed E-state index contributed by atoms with van der Waals surface area (Å²) < 4.78 is 0.507. The first-order valence-electron chi connectivity index (χ1n) is 5.77. The van der Waals surface area contributed by atoms with Gasteiger partial charge in [0.2, 0.25) is 5.82 Å². The molecule has 0 amide bonds. The topological polar surface area (TPSA) is 96.6 Å². The Morgan fingerprint density at radius 1 is 1.38 bits per heavy atom. The van der Waals surface area contributed by atoms with Gasteiger partial charge in [-0.2, -0.15) is 0 Å². The molecule has 0 unspecified atom stereocenters. The van der Waals surface area contributed by atoms with E-state index in [1.807, 2.05) is 0 Å². The molecule has 0 aliphatic carbocycles. The minimum atomic E-state index is -1.03. The summed E-state index contributed by atoms with van der Waals surface area (Å²) in [6.45, 7) is 0. The Bertz CT molecular complexity index is 703. The van der Waals surface area contributed by atoms with Crippen molar-refractivity contribution in [3.63, 3.8) is 0 Å². The summed E-state index contributed by atoms with van der Waals surface area (Å²) in [7, 11) is 1.62. The Hall–Kier alpha value is -2.48. The summed E-state index contributed by atoms with van der Waals surface area (Å²) in [6.07, 6.45) is 1.46. The molecule has 1 N–H and O–H groups in total. The van der Waals surface area contributed by atoms with Crippen LogP contribution in [0.15, 0.2) is 41.0 Å². The van der Waals surface area contributed by atoms with E-state index < -0.39 is 10.9 Å². The number of pyridine rings is 1. The highest BCUT2D eigenvalue weighted by molar-refractivity contribution is 9.10. The van der Waals surface area contributed by atoms with E-state index >= 15 is 0 Å². The second kappa shape index (κ2) is 5.88. The molecule has 2 rings (SSSR count). The molecule has 0 aliphatic rings. The Morgan fingerprint density at radius 3 is 2.52 bits per heavy atom. The van der Waals surface area contributed by atoms with Gasteiger partial charge in [-0.25, -0.2) is 9.78 Å². The molecule has 0 aliphatic heterocycles. The van der Waals surface area contributed by atoms with Gasteiger partial charge in [0.05, 0.1) is 10.5 Å². The Balaban J connectivity index is 2.42. The highest BCUT2D eigenvalue weighted by Gasteiger charge is 2.20. The normalized spacial score (nSPS) is 10.2. The van der Waals surface area contributed by atoms with E-state index in [1.54, 1.807) is 19.2 Å². The largest absolute Gasteiger partial charge is 0.478 e. The van der Waals surface area contributed by atoms with Gasteiger partial charge in [0.25, 0.3) is 0 Å². The first-order chi connectivity index (χ1) is 9.90. The number of carbonyl (C=O) groups is 1. The average Bonchev–Trinajstić information content (AvgIpc) is 2.46. The van der Waals surface area contributed by atoms with Crippen molar-refractivity contribution >= 4 is 39.1 Å². The number of hydrogen-bond acceptors (Lipinski definition) is 5. The van der Waals surface area contributed by atoms with Crippen LogP contribution in [-0.4, -0.2) is 28.0 Å². The zero-order chi connectivity index (χ0) is 15.6. The van der Waals surface area contributed by atoms with Crippen LogP contribution in [0.25, 0.3) is 0 Å². The number of hydrogen-bond donors (Lipinski definition) is 1. The van der Waals surface area contributed by atoms with Crippen LogP contribution >= 0.6 is 15.9 Å². The van der Waals surface area contributed by atoms with Crippen LogP contribution in [0.5, 0.6) is 0 Å². The average molecular weight is 352 g/mol. The van der Waals surface area contributed by atoms with Gasteiger partial charge in [-0.1, -0.05) is 0 Å². The minimum Gasteiger partial charge on any atom is -0.478 e. The smallest absolute Gasteiger partial charge is 0.335 e. The number of carboxylic acids is 1. The monoisotopic (exact) mass is 351 g/mol. The van der Waals surface area contributed by atoms with Crippen LogP contribution in [-0.2, 0) is 0 Å². The molecule has 7 nitrogen and oxygen atoms in total. The number of aromatic carboxylic acids is 1. The lowest BCUT2D eigenvalue weighted by molar-refractivity contribution is -0.384. The standard InChI is InChI=1S/C13H10BrN3O4/c1-16(10-4-2-8(3-5-10)13(18)19)12-11(17(20)21)6-9(14)7-15-12/h2-7H,1H3,(H,18,19). The molecular weight excluding hydrogens is 342 g/mol. The predicted octanol–water partition coefficient (Wildman–Crippen LogP) is 3.22. The molecule has 0 saturated carbocycles. The minimum absolute atomic E-state index is 0.144. The quantitative estimate of drug-likeness (QED) is 0.670. The van der Waals surface area contributed by atoms with Gasteiger partial charge >= 0.3 is 11.7 Å². The van der Waals surface area contributed by atoms with E-state index in [0.29, 0.717) is 10.2 Å². The molecule has 0 fully saturated rings. The Kier molecular flexibility index (Phi) is 4.18. The maximum absolute atomic E-state index is 11.1. The zero-order valence-electron chi connectivity index (χ0n) is 10.9. The third-order valence-electron chi connectivity index (χ3n) is 2.83. The van der Waals surface area contributed by atoms with Crippen molar-refractivity contribution in [1.29, 1.82) is 0 Å². The molecule has 108 valence electrons. The van der Waals surface area contributed by atoms with Crippen LogP contribution in [0.1, 0.15) is 10.4 Å². The van der Waals surface area contributed by atoms with Crippen molar-refractivity contribution in [3.8, 4) is 0 Å². The Labute approximate surface area is 128 Å². The van der Waals surface area contributed by atoms with Gasteiger partial charge in [-0.15, -0.1) is 0 Å². The van der Waals surface area contributed by atoms with Gasteiger partial charge in [0.1, 0.15) is 0 Å². The number of aromatic nitrogens is 1. The third-order valence-corrected chi connectivity index (χ3v) is 3.26. The van der Waals surface area contributed by atoms with Crippen molar-refractivity contribution in [1.82, 2.24) is 4.98 Å². The first kappa shape index (κ1) is 14.9. The molecule has 1 heterocycles. The number of halogens is 1. The molecule has 0 radical (unpaired) electrons. The highest BCUT2D eigenvalue weighted by atomic mass is 79.9. The van der Waals surface area contributed by atoms with Crippen LogP contribution in [0.3, 0.4) is 0 Å². The van der Waals surface area contributed by atoms with Crippen molar-refractivity contribution in [2.75, 3.05) is 11.9 Å². The molecular formula is C13H10BrN3O4. The van der Waals surface area contributed by atoms with E-state index in [0.717, 1.165) is 0 Å². The fraction of sp³-hybridized carbons (Fsp3) is 0.0769. The SMILES string of the molecule is CN(c1ccc(C(=O)O)cc1)c1ncc(Br)cc1[N+](=O)[O-]. The number of carboxylic acid groups (broad SMARTS) is 1. The number of anilines is 2. The van der Waals surface area contributed by atoms with Crippen LogP contribution < -0.4 is 4.90 Å². The van der Waals surface area contributed by atoms with Crippen molar-refractivity contribution in [2.24, 2.45) is 0 Å². The molecule has 21 heavy (non-hydrogen) atoms. The predicted molar refractivity (Wildman–Crippen MR) is 80.1 cm³/mol. The maximum Gasteiger partial charge on any atom is 0.335 e. The lowest BCUT2D eigenvalue weighted by Gasteiger charge is -2.18. The number of nitrogens with zero attached hydrogens (tertiary/aromatic N) is 3. The highest BCUT2D eigenvalue weighted by Crippen LogP contribution is 2.32. The molecule has 8 heteroatoms. The van der Waals surface area contributed by atoms with Gasteiger partial charge in [-0.05, 0) is 40.2 Å². The van der Waals surface area contributed by atoms with E-state index in [2.05, 4.69) is 20.9 Å². The summed E-state index contributed by atoms with van der Waals surface area (Å²) in [4.78, 5) is 27.0. The Morgan fingerprint density at radius 2 is 2.00 bits per heavy atom. The van der Waals surface area contributed by atoms with Crippen LogP contribution in [0.2, 0.25) is 0 Å². The summed E-state index contributed by atoms with van der Waals surface area (Å²) >= 11 is 3.14. The lowest BCUT2D eigenvalue weighted by atomic mass is 10.2. The van der Waals surface area contributed by atoms with Crippen LogP contribution in [0, 0.1) is 10.1 Å². The molecule has 0 atom stereocenters. The molecule has 0 spiro atoms. The fourth-order valence-corrected chi connectivity index (χ4v) is 2.08. The molecule has 0 bridgehead atoms. The van der Waals surface area contributed by atoms with Crippen molar-refractivity contribution < 1.29 is 14.8 Å². The van der Waals surface area contributed by atoms with Crippen molar-refractivity contribution in [3.05, 3.63) is 56.7 Å². The fourth-order valence-electron chi connectivity index (χ4n) is 1.76. The molecule has 1 aromatic heterocycles. The summed E-state index contributed by atoms with van der Waals surface area (Å²) in [5.41, 5.74) is 0.595. The second-order valence-electron chi connectivity index (χ2n) is 4.16. The summed E-state index contributed by atoms with van der Waals surface area (Å²) in [6, 6.07) is 7.36. The third kappa shape index (κ3) is 3.16. The van der Waals surface area contributed by atoms with Gasteiger partial charge in [-0.3, -0.25) is 10.1 Å². The van der Waals surface area contributed by atoms with E-state index in [4.69, 9.17) is 5.11 Å². The number of rotatable bonds is 4. The first-order valence-corrected chi connectivity index (χ1v) is 6.56. The number of nitro groups is 1. The van der Waals surface area contributed by atoms with Crippen LogP contribution in [0.4, 0.5) is 17.2 Å². The van der Waals surface area contributed by atoms with E-state index in [-0.39, 0.29) is 17.1 Å². The maximum atomic E-state index is 11.1. The van der Waals surface area contributed by atoms with Gasteiger partial charge in [0, 0.05) is 29.5 Å². The van der Waals surface area contributed by atoms with Crippen molar-refractivity contribution in [2.45, 2.75) is 0 Å². The van der Waals surface area contributed by atoms with E-state index in [9.17, 15) is 14.9 Å². The second-order valence-corrected chi connectivity index (χ2v) is 5.08. The summed E-state index contributed by atoms with van der Waals surface area (Å²) in [5.74, 6) is -0.858.